The zero-order valence-corrected chi connectivity index (χ0v) is 12.5. The number of thiophene rings is 1. The first-order valence-corrected chi connectivity index (χ1v) is 8.30. The second-order valence-corrected chi connectivity index (χ2v) is 7.13. The molecule has 1 saturated heterocycles. The standard InChI is InChI=1S/C14H12FNO3S2/c15-9-2-1-8-5-11(21-10(8)6-9)12(17)16-14(13(18)19)3-4-20-7-14/h1-2,5-6H,3-4,7H2,(H,16,17)(H,18,19). The number of carbonyl (C=O) groups is 2. The van der Waals surface area contributed by atoms with Gasteiger partial charge in [-0.3, -0.25) is 4.79 Å². The Bertz CT molecular complexity index is 722. The highest BCUT2D eigenvalue weighted by molar-refractivity contribution is 7.99. The minimum absolute atomic E-state index is 0.356. The van der Waals surface area contributed by atoms with Crippen LogP contribution in [0.2, 0.25) is 0 Å². The van der Waals surface area contributed by atoms with Crippen molar-refractivity contribution in [1.82, 2.24) is 5.32 Å². The number of carboxylic acid groups (broad SMARTS) is 1. The average molecular weight is 325 g/mol. The molecule has 0 bridgehead atoms. The van der Waals surface area contributed by atoms with Crippen LogP contribution in [0.4, 0.5) is 4.39 Å². The quantitative estimate of drug-likeness (QED) is 0.910. The molecule has 1 aromatic carbocycles. The lowest BCUT2D eigenvalue weighted by Crippen LogP contribution is -2.54. The van der Waals surface area contributed by atoms with Crippen molar-refractivity contribution in [2.75, 3.05) is 11.5 Å². The van der Waals surface area contributed by atoms with Crippen molar-refractivity contribution < 1.29 is 19.1 Å². The highest BCUT2D eigenvalue weighted by atomic mass is 32.2. The minimum Gasteiger partial charge on any atom is -0.479 e. The van der Waals surface area contributed by atoms with Crippen molar-refractivity contribution in [3.8, 4) is 0 Å². The molecule has 21 heavy (non-hydrogen) atoms. The van der Waals surface area contributed by atoms with Crippen molar-refractivity contribution >= 4 is 45.1 Å². The zero-order valence-electron chi connectivity index (χ0n) is 10.9. The first kappa shape index (κ1) is 14.3. The number of nitrogens with one attached hydrogen (secondary N) is 1. The molecule has 2 aromatic rings. The number of hydrogen-bond donors (Lipinski definition) is 2. The molecule has 1 atom stereocenters. The molecule has 1 amide bonds. The number of carboxylic acids is 1. The van der Waals surface area contributed by atoms with Crippen LogP contribution < -0.4 is 5.32 Å². The van der Waals surface area contributed by atoms with Crippen LogP contribution in [-0.4, -0.2) is 34.0 Å². The van der Waals surface area contributed by atoms with Gasteiger partial charge in [-0.25, -0.2) is 9.18 Å². The van der Waals surface area contributed by atoms with E-state index in [9.17, 15) is 19.1 Å². The minimum atomic E-state index is -1.19. The van der Waals surface area contributed by atoms with Gasteiger partial charge in [0.2, 0.25) is 0 Å². The van der Waals surface area contributed by atoms with E-state index in [4.69, 9.17) is 0 Å². The Morgan fingerprint density at radius 3 is 2.81 bits per heavy atom. The summed E-state index contributed by atoms with van der Waals surface area (Å²) in [5.74, 6) is -0.697. The summed E-state index contributed by atoms with van der Waals surface area (Å²) >= 11 is 2.67. The number of amides is 1. The maximum Gasteiger partial charge on any atom is 0.330 e. The Morgan fingerprint density at radius 2 is 2.14 bits per heavy atom. The molecule has 0 spiro atoms. The molecule has 110 valence electrons. The lowest BCUT2D eigenvalue weighted by Gasteiger charge is -2.24. The maximum absolute atomic E-state index is 13.2. The Hall–Kier alpha value is -1.60. The van der Waals surface area contributed by atoms with E-state index in [0.29, 0.717) is 27.5 Å². The highest BCUT2D eigenvalue weighted by Gasteiger charge is 2.43. The van der Waals surface area contributed by atoms with Gasteiger partial charge < -0.3 is 10.4 Å². The SMILES string of the molecule is O=C(NC1(C(=O)O)CCSC1)c1cc2ccc(F)cc2s1. The Morgan fingerprint density at radius 1 is 1.33 bits per heavy atom. The molecule has 1 fully saturated rings. The molecular weight excluding hydrogens is 313 g/mol. The molecule has 1 unspecified atom stereocenters. The smallest absolute Gasteiger partial charge is 0.330 e. The number of benzene rings is 1. The van der Waals surface area contributed by atoms with Crippen molar-refractivity contribution in [2.45, 2.75) is 12.0 Å². The second kappa shape index (κ2) is 5.31. The number of halogens is 1. The first-order valence-electron chi connectivity index (χ1n) is 6.33. The summed E-state index contributed by atoms with van der Waals surface area (Å²) in [7, 11) is 0. The molecule has 1 aliphatic rings. The van der Waals surface area contributed by atoms with Crippen molar-refractivity contribution in [2.24, 2.45) is 0 Å². The molecule has 2 heterocycles. The third-order valence-electron chi connectivity index (χ3n) is 3.49. The third kappa shape index (κ3) is 2.63. The fraction of sp³-hybridized carbons (Fsp3) is 0.286. The summed E-state index contributed by atoms with van der Waals surface area (Å²) in [6, 6.07) is 5.97. The van der Waals surface area contributed by atoms with E-state index >= 15 is 0 Å². The van der Waals surface area contributed by atoms with Gasteiger partial charge in [-0.15, -0.1) is 11.3 Å². The van der Waals surface area contributed by atoms with Gasteiger partial charge in [0.1, 0.15) is 11.4 Å². The largest absolute Gasteiger partial charge is 0.479 e. The van der Waals surface area contributed by atoms with Crippen LogP contribution in [0.25, 0.3) is 10.1 Å². The van der Waals surface area contributed by atoms with E-state index in [1.807, 2.05) is 0 Å². The average Bonchev–Trinajstić information content (AvgIpc) is 3.05. The van der Waals surface area contributed by atoms with E-state index in [1.165, 1.54) is 23.9 Å². The molecular formula is C14H12FNO3S2. The Labute approximate surface area is 128 Å². The summed E-state index contributed by atoms with van der Waals surface area (Å²) < 4.78 is 13.8. The van der Waals surface area contributed by atoms with Gasteiger partial charge in [0.05, 0.1) is 4.88 Å². The van der Waals surface area contributed by atoms with Gasteiger partial charge in [0.15, 0.2) is 0 Å². The van der Waals surface area contributed by atoms with Crippen LogP contribution in [0, 0.1) is 5.82 Å². The van der Waals surface area contributed by atoms with Crippen LogP contribution in [0.1, 0.15) is 16.1 Å². The third-order valence-corrected chi connectivity index (χ3v) is 5.78. The van der Waals surface area contributed by atoms with Crippen LogP contribution in [0.3, 0.4) is 0 Å². The van der Waals surface area contributed by atoms with Crippen molar-refractivity contribution in [1.29, 1.82) is 0 Å². The molecule has 1 aromatic heterocycles. The van der Waals surface area contributed by atoms with Crippen LogP contribution >= 0.6 is 23.1 Å². The van der Waals surface area contributed by atoms with E-state index in [1.54, 1.807) is 12.1 Å². The number of thioether (sulfide) groups is 1. The number of fused-ring (bicyclic) bond motifs is 1. The normalized spacial score (nSPS) is 21.6. The first-order chi connectivity index (χ1) is 10.00. The van der Waals surface area contributed by atoms with Crippen molar-refractivity contribution in [3.05, 3.63) is 35.0 Å². The number of aliphatic carboxylic acids is 1. The summed E-state index contributed by atoms with van der Waals surface area (Å²) in [5.41, 5.74) is -1.19. The maximum atomic E-state index is 13.2. The predicted octanol–water partition coefficient (Wildman–Crippen LogP) is 2.73. The van der Waals surface area contributed by atoms with Gasteiger partial charge in [-0.2, -0.15) is 11.8 Å². The molecule has 7 heteroatoms. The fourth-order valence-corrected chi connectivity index (χ4v) is 4.59. The Kier molecular flexibility index (Phi) is 3.62. The van der Waals surface area contributed by atoms with Gasteiger partial charge in [-0.1, -0.05) is 6.07 Å². The van der Waals surface area contributed by atoms with Gasteiger partial charge in [0.25, 0.3) is 5.91 Å². The summed E-state index contributed by atoms with van der Waals surface area (Å²) in [6.45, 7) is 0. The van der Waals surface area contributed by atoms with Crippen molar-refractivity contribution in [3.63, 3.8) is 0 Å². The van der Waals surface area contributed by atoms with Crippen LogP contribution in [0.15, 0.2) is 24.3 Å². The van der Waals surface area contributed by atoms with Gasteiger partial charge in [-0.05, 0) is 35.8 Å². The lowest BCUT2D eigenvalue weighted by molar-refractivity contribution is -0.143. The lowest BCUT2D eigenvalue weighted by atomic mass is 9.99. The highest BCUT2D eigenvalue weighted by Crippen LogP contribution is 2.30. The van der Waals surface area contributed by atoms with E-state index < -0.39 is 17.4 Å². The number of rotatable bonds is 3. The Balaban J connectivity index is 1.88. The fourth-order valence-electron chi connectivity index (χ4n) is 2.28. The molecule has 0 radical (unpaired) electrons. The number of hydrogen-bond acceptors (Lipinski definition) is 4. The molecule has 3 rings (SSSR count). The summed E-state index contributed by atoms with van der Waals surface area (Å²) in [4.78, 5) is 24.1. The molecule has 1 aliphatic heterocycles. The van der Waals surface area contributed by atoms with Gasteiger partial charge >= 0.3 is 5.97 Å². The second-order valence-electron chi connectivity index (χ2n) is 4.94. The summed E-state index contributed by atoms with van der Waals surface area (Å²) in [5, 5.41) is 12.8. The summed E-state index contributed by atoms with van der Waals surface area (Å²) in [6.07, 6.45) is 0.415. The molecule has 0 saturated carbocycles. The van der Waals surface area contributed by atoms with E-state index in [0.717, 1.165) is 16.7 Å². The topological polar surface area (TPSA) is 66.4 Å². The zero-order chi connectivity index (χ0) is 15.0. The number of carbonyl (C=O) groups excluding carboxylic acids is 1. The van der Waals surface area contributed by atoms with Crippen LogP contribution in [0.5, 0.6) is 0 Å². The van der Waals surface area contributed by atoms with Gasteiger partial charge in [0, 0.05) is 10.5 Å². The monoisotopic (exact) mass is 325 g/mol. The molecule has 4 nitrogen and oxygen atoms in total. The molecule has 2 N–H and O–H groups in total. The van der Waals surface area contributed by atoms with E-state index in [-0.39, 0.29) is 5.82 Å². The van der Waals surface area contributed by atoms with Crippen LogP contribution in [-0.2, 0) is 4.79 Å². The predicted molar refractivity (Wildman–Crippen MR) is 81.6 cm³/mol. The van der Waals surface area contributed by atoms with E-state index in [2.05, 4.69) is 5.32 Å². The molecule has 0 aliphatic carbocycles.